The number of hydrogen-bond donors (Lipinski definition) is 0. The van der Waals surface area contributed by atoms with Crippen molar-refractivity contribution in [2.75, 3.05) is 14.2 Å². The topological polar surface area (TPSA) is 79.6 Å². The number of esters is 2. The lowest BCUT2D eigenvalue weighted by molar-refractivity contribution is 0.0546. The Morgan fingerprint density at radius 3 is 2.00 bits per heavy atom. The highest BCUT2D eigenvalue weighted by molar-refractivity contribution is 6.30. The van der Waals surface area contributed by atoms with Crippen molar-refractivity contribution in [3.63, 3.8) is 0 Å². The van der Waals surface area contributed by atoms with Crippen LogP contribution in [0.3, 0.4) is 0 Å². The number of carbonyl (C=O) groups excluding carboxylic acids is 2. The first-order valence-electron chi connectivity index (χ1n) is 7.81. The molecule has 1 aromatic heterocycles. The number of benzene rings is 2. The minimum absolute atomic E-state index is 0.0179. The van der Waals surface area contributed by atoms with Crippen molar-refractivity contribution >= 4 is 23.5 Å². The Bertz CT molecular complexity index is 965. The number of imidazole rings is 1. The normalized spacial score (nSPS) is 10.3. The molecule has 1 heterocycles. The van der Waals surface area contributed by atoms with Gasteiger partial charge < -0.3 is 14.2 Å². The molecule has 0 aliphatic carbocycles. The van der Waals surface area contributed by atoms with Gasteiger partial charge in [0, 0.05) is 10.7 Å². The summed E-state index contributed by atoms with van der Waals surface area (Å²) in [7, 11) is 2.44. The molecule has 2 aromatic carbocycles. The zero-order chi connectivity index (χ0) is 19.4. The van der Waals surface area contributed by atoms with E-state index in [1.807, 2.05) is 0 Å². The molecule has 0 N–H and O–H groups in total. The Balaban J connectivity index is 1.90. The van der Waals surface area contributed by atoms with Crippen LogP contribution in [-0.4, -0.2) is 35.7 Å². The molecule has 0 fully saturated rings. The van der Waals surface area contributed by atoms with Gasteiger partial charge in [0.1, 0.15) is 17.8 Å². The van der Waals surface area contributed by atoms with E-state index in [4.69, 9.17) is 21.1 Å². The molecule has 0 saturated carbocycles. The molecule has 7 nitrogen and oxygen atoms in total. The third-order valence-electron chi connectivity index (χ3n) is 3.69. The molecular formula is C19H15ClN2O5. The van der Waals surface area contributed by atoms with E-state index in [1.165, 1.54) is 25.1 Å². The highest BCUT2D eigenvalue weighted by atomic mass is 35.5. The maximum atomic E-state index is 12.1. The second-order valence-corrected chi connectivity index (χ2v) is 5.78. The molecular weight excluding hydrogens is 372 g/mol. The minimum Gasteiger partial charge on any atom is -0.464 e. The first-order valence-corrected chi connectivity index (χ1v) is 8.19. The largest absolute Gasteiger partial charge is 0.464 e. The van der Waals surface area contributed by atoms with E-state index in [0.29, 0.717) is 22.2 Å². The number of halogens is 1. The van der Waals surface area contributed by atoms with Crippen LogP contribution in [0, 0.1) is 0 Å². The number of rotatable bonds is 5. The SMILES string of the molecule is COC(=O)c1ncn(-c2ccc(Oc3ccc(Cl)cc3)cc2)c1C(=O)OC. The van der Waals surface area contributed by atoms with E-state index in [9.17, 15) is 9.59 Å². The number of hydrogen-bond acceptors (Lipinski definition) is 6. The van der Waals surface area contributed by atoms with E-state index in [-0.39, 0.29) is 11.4 Å². The summed E-state index contributed by atoms with van der Waals surface area (Å²) in [5, 5.41) is 0.620. The molecule has 0 aliphatic rings. The number of aromatic nitrogens is 2. The average Bonchev–Trinajstić information content (AvgIpc) is 3.14. The van der Waals surface area contributed by atoms with Crippen molar-refractivity contribution in [2.24, 2.45) is 0 Å². The van der Waals surface area contributed by atoms with Crippen LogP contribution < -0.4 is 4.74 Å². The van der Waals surface area contributed by atoms with Crippen LogP contribution >= 0.6 is 11.6 Å². The molecule has 0 aliphatic heterocycles. The van der Waals surface area contributed by atoms with Crippen LogP contribution in [-0.2, 0) is 9.47 Å². The monoisotopic (exact) mass is 386 g/mol. The lowest BCUT2D eigenvalue weighted by Crippen LogP contribution is -2.15. The highest BCUT2D eigenvalue weighted by Gasteiger charge is 2.25. The Morgan fingerprint density at radius 2 is 1.44 bits per heavy atom. The molecule has 0 spiro atoms. The van der Waals surface area contributed by atoms with Gasteiger partial charge in [0.25, 0.3) is 0 Å². The summed E-state index contributed by atoms with van der Waals surface area (Å²) in [6.07, 6.45) is 1.35. The molecule has 8 heteroatoms. The van der Waals surface area contributed by atoms with Crippen molar-refractivity contribution in [3.05, 3.63) is 71.3 Å². The maximum absolute atomic E-state index is 12.1. The summed E-state index contributed by atoms with van der Waals surface area (Å²) < 4.78 is 16.6. The number of nitrogens with zero attached hydrogens (tertiary/aromatic N) is 2. The second kappa shape index (κ2) is 7.92. The summed E-state index contributed by atoms with van der Waals surface area (Å²) in [5.74, 6) is -0.196. The molecule has 0 amide bonds. The van der Waals surface area contributed by atoms with E-state index in [0.717, 1.165) is 0 Å². The van der Waals surface area contributed by atoms with E-state index in [1.54, 1.807) is 48.5 Å². The zero-order valence-corrected chi connectivity index (χ0v) is 15.3. The third kappa shape index (κ3) is 3.93. The molecule has 0 unspecified atom stereocenters. The van der Waals surface area contributed by atoms with Crippen molar-refractivity contribution in [3.8, 4) is 17.2 Å². The fraction of sp³-hybridized carbons (Fsp3) is 0.105. The van der Waals surface area contributed by atoms with Crippen LogP contribution in [0.15, 0.2) is 54.9 Å². The van der Waals surface area contributed by atoms with Gasteiger partial charge in [-0.05, 0) is 48.5 Å². The van der Waals surface area contributed by atoms with Crippen LogP contribution in [0.2, 0.25) is 5.02 Å². The average molecular weight is 387 g/mol. The van der Waals surface area contributed by atoms with Crippen LogP contribution in [0.4, 0.5) is 0 Å². The van der Waals surface area contributed by atoms with Crippen molar-refractivity contribution < 1.29 is 23.8 Å². The summed E-state index contributed by atoms with van der Waals surface area (Å²) in [6, 6.07) is 13.9. The molecule has 0 saturated heterocycles. The lowest BCUT2D eigenvalue weighted by Gasteiger charge is -2.10. The van der Waals surface area contributed by atoms with E-state index < -0.39 is 11.9 Å². The Kier molecular flexibility index (Phi) is 5.42. The first kappa shape index (κ1) is 18.5. The number of carbonyl (C=O) groups is 2. The van der Waals surface area contributed by atoms with Gasteiger partial charge in [0.2, 0.25) is 0 Å². The van der Waals surface area contributed by atoms with E-state index in [2.05, 4.69) is 9.72 Å². The predicted molar refractivity (Wildman–Crippen MR) is 97.8 cm³/mol. The van der Waals surface area contributed by atoms with Gasteiger partial charge in [-0.1, -0.05) is 11.6 Å². The van der Waals surface area contributed by atoms with Gasteiger partial charge in [0.05, 0.1) is 14.2 Å². The minimum atomic E-state index is -0.725. The molecule has 138 valence electrons. The predicted octanol–water partition coefficient (Wildman–Crippen LogP) is 3.89. The molecule has 0 radical (unpaired) electrons. The quantitative estimate of drug-likeness (QED) is 0.619. The van der Waals surface area contributed by atoms with Crippen molar-refractivity contribution in [1.82, 2.24) is 9.55 Å². The number of ether oxygens (including phenoxy) is 3. The molecule has 3 aromatic rings. The maximum Gasteiger partial charge on any atom is 0.359 e. The third-order valence-corrected chi connectivity index (χ3v) is 3.94. The Labute approximate surface area is 160 Å². The van der Waals surface area contributed by atoms with Crippen LogP contribution in [0.1, 0.15) is 21.0 Å². The smallest absolute Gasteiger partial charge is 0.359 e. The Hall–Kier alpha value is -3.32. The second-order valence-electron chi connectivity index (χ2n) is 5.34. The van der Waals surface area contributed by atoms with Gasteiger partial charge in [-0.15, -0.1) is 0 Å². The van der Waals surface area contributed by atoms with Crippen LogP contribution in [0.5, 0.6) is 11.5 Å². The molecule has 0 atom stereocenters. The van der Waals surface area contributed by atoms with Gasteiger partial charge in [-0.3, -0.25) is 4.57 Å². The fourth-order valence-corrected chi connectivity index (χ4v) is 2.52. The van der Waals surface area contributed by atoms with Crippen molar-refractivity contribution in [2.45, 2.75) is 0 Å². The first-order chi connectivity index (χ1) is 13.0. The Morgan fingerprint density at radius 1 is 0.889 bits per heavy atom. The summed E-state index contributed by atoms with van der Waals surface area (Å²) in [5.41, 5.74) is 0.461. The molecule has 3 rings (SSSR count). The van der Waals surface area contributed by atoms with Crippen molar-refractivity contribution in [1.29, 1.82) is 0 Å². The zero-order valence-electron chi connectivity index (χ0n) is 14.5. The molecule has 0 bridgehead atoms. The standard InChI is InChI=1S/C19H15ClN2O5/c1-25-18(23)16-17(19(24)26-2)22(11-21-16)13-5-9-15(10-6-13)27-14-7-3-12(20)4-8-14/h3-11H,1-2H3. The summed E-state index contributed by atoms with van der Waals surface area (Å²) in [4.78, 5) is 27.9. The highest BCUT2D eigenvalue weighted by Crippen LogP contribution is 2.25. The van der Waals surface area contributed by atoms with Gasteiger partial charge in [-0.2, -0.15) is 0 Å². The summed E-state index contributed by atoms with van der Waals surface area (Å²) in [6.45, 7) is 0. The van der Waals surface area contributed by atoms with Crippen LogP contribution in [0.25, 0.3) is 5.69 Å². The van der Waals surface area contributed by atoms with Gasteiger partial charge in [-0.25, -0.2) is 14.6 Å². The van der Waals surface area contributed by atoms with Gasteiger partial charge >= 0.3 is 11.9 Å². The lowest BCUT2D eigenvalue weighted by atomic mass is 10.2. The molecule has 27 heavy (non-hydrogen) atoms. The fourth-order valence-electron chi connectivity index (χ4n) is 2.40. The van der Waals surface area contributed by atoms with Gasteiger partial charge in [0.15, 0.2) is 11.4 Å². The summed E-state index contributed by atoms with van der Waals surface area (Å²) >= 11 is 5.86. The van der Waals surface area contributed by atoms with E-state index >= 15 is 0 Å². The number of methoxy groups -OCH3 is 2.